The summed E-state index contributed by atoms with van der Waals surface area (Å²) >= 11 is 12.9. The summed E-state index contributed by atoms with van der Waals surface area (Å²) in [6, 6.07) is 11.9. The normalized spacial score (nSPS) is 26.0. The summed E-state index contributed by atoms with van der Waals surface area (Å²) in [5.74, 6) is -0.189. The summed E-state index contributed by atoms with van der Waals surface area (Å²) < 4.78 is 39.8. The predicted molar refractivity (Wildman–Crippen MR) is 212 cm³/mol. The van der Waals surface area contributed by atoms with Crippen molar-refractivity contribution in [1.29, 1.82) is 0 Å². The molecule has 2 aromatic heterocycles. The van der Waals surface area contributed by atoms with E-state index in [9.17, 15) is 9.90 Å². The van der Waals surface area contributed by atoms with Crippen molar-refractivity contribution in [3.8, 4) is 22.5 Å². The number of esters is 1. The van der Waals surface area contributed by atoms with Crippen molar-refractivity contribution in [3.05, 3.63) is 90.0 Å². The van der Waals surface area contributed by atoms with Crippen molar-refractivity contribution in [2.75, 3.05) is 7.11 Å². The van der Waals surface area contributed by atoms with E-state index in [0.717, 1.165) is 56.5 Å². The van der Waals surface area contributed by atoms with Crippen molar-refractivity contribution < 1.29 is 40.4 Å². The fraction of sp³-hybridized carbons (Fsp3) is 0.524. The minimum absolute atomic E-state index is 0. The van der Waals surface area contributed by atoms with Gasteiger partial charge in [0.1, 0.15) is 11.3 Å². The zero-order chi connectivity index (χ0) is 36.8. The number of methoxy groups -OCH3 is 1. The first-order valence-corrected chi connectivity index (χ1v) is 19.4. The number of hydrogen-bond acceptors (Lipinski definition) is 5. The minimum Gasteiger partial charge on any atom is -1.00 e. The third kappa shape index (κ3) is 9.33. The molecule has 8 rings (SSSR count). The number of ether oxygens (including phenoxy) is 1. The maximum atomic E-state index is 15.4. The fourth-order valence-corrected chi connectivity index (χ4v) is 9.84. The zero-order valence-electron chi connectivity index (χ0n) is 32.2. The van der Waals surface area contributed by atoms with Gasteiger partial charge < -0.3 is 43.4 Å². The van der Waals surface area contributed by atoms with Gasteiger partial charge in [0.15, 0.2) is 0 Å². The molecule has 4 heterocycles. The van der Waals surface area contributed by atoms with Crippen LogP contribution in [0.1, 0.15) is 114 Å². The Kier molecular flexibility index (Phi) is 15.2. The van der Waals surface area contributed by atoms with Crippen LogP contribution in [-0.2, 0) is 9.53 Å². The number of carbonyl (C=O) groups excluding carboxylic acids is 1. The van der Waals surface area contributed by atoms with Crippen LogP contribution in [0.2, 0.25) is 10.0 Å². The van der Waals surface area contributed by atoms with E-state index >= 15 is 8.78 Å². The van der Waals surface area contributed by atoms with Crippen LogP contribution >= 0.6 is 23.2 Å². The summed E-state index contributed by atoms with van der Waals surface area (Å²) in [5, 5.41) is 11.7. The van der Waals surface area contributed by atoms with Crippen LogP contribution in [0.15, 0.2) is 61.4 Å². The number of aliphatic hydroxyl groups is 1. The molecule has 13 heteroatoms. The molecule has 0 saturated heterocycles. The van der Waals surface area contributed by atoms with Crippen molar-refractivity contribution in [2.24, 2.45) is 11.8 Å². The molecule has 0 amide bonds. The van der Waals surface area contributed by atoms with Gasteiger partial charge in [0, 0.05) is 32.3 Å². The van der Waals surface area contributed by atoms with Gasteiger partial charge in [0.25, 0.3) is 0 Å². The molecule has 2 aliphatic heterocycles. The van der Waals surface area contributed by atoms with Gasteiger partial charge in [-0.05, 0) is 109 Å². The maximum absolute atomic E-state index is 15.4. The fourth-order valence-electron chi connectivity index (χ4n) is 9.24. The average molecular weight is 873 g/mol. The molecule has 1 N–H and O–H groups in total. The number of rotatable bonds is 8. The first-order valence-electron chi connectivity index (χ1n) is 18.6. The molecule has 0 bridgehead atoms. The number of carbonyl (C=O) groups is 1. The van der Waals surface area contributed by atoms with E-state index in [1.807, 2.05) is 62.9 Å². The number of aromatic nitrogens is 4. The number of halogens is 5. The summed E-state index contributed by atoms with van der Waals surface area (Å²) in [7, 11) is 1.39. The Labute approximate surface area is 360 Å². The molecule has 2 atom stereocenters. The predicted octanol–water partition coefficient (Wildman–Crippen LogP) is 7.59. The SMILES string of the molecule is CC(C)(O)C1CCC(F)(CCC2c3c(Cl)cccc3-c3cncn32)CC1.COC(=O)C1CCC(F)(CCC2c3c(Cl)cccc3-c3cncn32)CC1.[Br-].[CH3-].[Mg+2]. The van der Waals surface area contributed by atoms with Gasteiger partial charge >= 0.3 is 29.0 Å². The number of imidazole rings is 2. The van der Waals surface area contributed by atoms with E-state index in [1.54, 1.807) is 6.33 Å². The molecule has 0 spiro atoms. The molecule has 294 valence electrons. The van der Waals surface area contributed by atoms with E-state index in [0.29, 0.717) is 64.2 Å². The first-order chi connectivity index (χ1) is 24.8. The molecular formula is C42H51BrCl2F2MgN4O3. The van der Waals surface area contributed by atoms with E-state index in [1.165, 1.54) is 7.11 Å². The third-order valence-electron chi connectivity index (χ3n) is 12.4. The van der Waals surface area contributed by atoms with E-state index in [2.05, 4.69) is 25.2 Å². The monoisotopic (exact) mass is 870 g/mol. The van der Waals surface area contributed by atoms with Crippen LogP contribution in [0.5, 0.6) is 0 Å². The summed E-state index contributed by atoms with van der Waals surface area (Å²) in [5.41, 5.74) is 3.37. The Bertz CT molecular complexity index is 1920. The van der Waals surface area contributed by atoms with Gasteiger partial charge in [0.05, 0.1) is 67.1 Å². The Balaban J connectivity index is 0.000000232. The smallest absolute Gasteiger partial charge is 1.00 e. The molecule has 55 heavy (non-hydrogen) atoms. The standard InChI is InChI=1S/C21H26ClFN2O.C20H22ClFN2O2.CH3.BrH.Mg/c1-20(2,26)14-6-9-21(23,10-7-14)11-8-17-19-15(4-3-5-16(19)22)18-12-24-13-25(17)18;1-26-19(25)13-5-8-20(22,9-6-13)10-7-16-18-14(3-2-4-15(18)21)17-11-23-12-24(16)17;;;/h3-5,12-14,17,26H,6-11H2,1-2H3;2-4,11-13,16H,5-10H2,1H3;1H3;1H;/q;;-1;;+2/p-1. The molecule has 2 saturated carbocycles. The Morgan fingerprint density at radius 3 is 1.65 bits per heavy atom. The number of alkyl halides is 2. The van der Waals surface area contributed by atoms with Gasteiger partial charge in [-0.2, -0.15) is 0 Å². The van der Waals surface area contributed by atoms with Crippen LogP contribution in [-0.4, -0.2) is 77.3 Å². The number of hydrogen-bond donors (Lipinski definition) is 1. The molecule has 2 aliphatic carbocycles. The molecule has 7 nitrogen and oxygen atoms in total. The van der Waals surface area contributed by atoms with Gasteiger partial charge in [-0.3, -0.25) is 4.79 Å². The van der Waals surface area contributed by atoms with Crippen LogP contribution in [0.25, 0.3) is 22.5 Å². The van der Waals surface area contributed by atoms with Gasteiger partial charge in [-0.1, -0.05) is 47.5 Å². The second-order valence-electron chi connectivity index (χ2n) is 15.9. The molecule has 4 aromatic rings. The van der Waals surface area contributed by atoms with Crippen molar-refractivity contribution >= 4 is 52.2 Å². The number of nitrogens with zero attached hydrogens (tertiary/aromatic N) is 4. The molecule has 4 aliphatic rings. The second-order valence-corrected chi connectivity index (χ2v) is 16.7. The molecular weight excluding hydrogens is 822 g/mol. The second kappa shape index (κ2) is 18.3. The maximum Gasteiger partial charge on any atom is 2.00 e. The molecule has 0 radical (unpaired) electrons. The largest absolute Gasteiger partial charge is 2.00 e. The van der Waals surface area contributed by atoms with E-state index < -0.39 is 16.9 Å². The topological polar surface area (TPSA) is 82.2 Å². The summed E-state index contributed by atoms with van der Waals surface area (Å²) in [6.45, 7) is 3.67. The summed E-state index contributed by atoms with van der Waals surface area (Å²) in [4.78, 5) is 20.2. The minimum atomic E-state index is -1.23. The number of fused-ring (bicyclic) bond motifs is 6. The van der Waals surface area contributed by atoms with Crippen LogP contribution < -0.4 is 17.0 Å². The quantitative estimate of drug-likeness (QED) is 0.112. The molecule has 2 fully saturated rings. The number of benzene rings is 2. The van der Waals surface area contributed by atoms with E-state index in [-0.39, 0.29) is 77.3 Å². The van der Waals surface area contributed by atoms with Crippen molar-refractivity contribution in [3.63, 3.8) is 0 Å². The van der Waals surface area contributed by atoms with Crippen LogP contribution in [0.4, 0.5) is 8.78 Å². The van der Waals surface area contributed by atoms with Crippen molar-refractivity contribution in [2.45, 2.75) is 120 Å². The summed E-state index contributed by atoms with van der Waals surface area (Å²) in [6.07, 6.45) is 14.1. The van der Waals surface area contributed by atoms with Gasteiger partial charge in [0.2, 0.25) is 0 Å². The Morgan fingerprint density at radius 2 is 1.25 bits per heavy atom. The zero-order valence-corrected chi connectivity index (χ0v) is 36.7. The first kappa shape index (κ1) is 45.7. The average Bonchev–Trinajstić information content (AvgIpc) is 3.90. The molecule has 2 unspecified atom stereocenters. The molecule has 2 aromatic carbocycles. The van der Waals surface area contributed by atoms with Crippen LogP contribution in [0.3, 0.4) is 0 Å². The third-order valence-corrected chi connectivity index (χ3v) is 13.0. The van der Waals surface area contributed by atoms with Gasteiger partial charge in [-0.25, -0.2) is 18.7 Å². The van der Waals surface area contributed by atoms with Crippen LogP contribution in [0, 0.1) is 19.3 Å². The van der Waals surface area contributed by atoms with Crippen molar-refractivity contribution in [1.82, 2.24) is 19.1 Å². The van der Waals surface area contributed by atoms with E-state index in [4.69, 9.17) is 27.9 Å². The van der Waals surface area contributed by atoms with Gasteiger partial charge in [-0.15, -0.1) is 0 Å². The Hall–Kier alpha value is -2.02. The Morgan fingerprint density at radius 1 is 0.836 bits per heavy atom.